The van der Waals surface area contributed by atoms with Gasteiger partial charge in [0.15, 0.2) is 0 Å². The summed E-state index contributed by atoms with van der Waals surface area (Å²) in [5.74, 6) is 0. The summed E-state index contributed by atoms with van der Waals surface area (Å²) in [6.07, 6.45) is 0. The predicted molar refractivity (Wildman–Crippen MR) is 48.2 cm³/mol. The van der Waals surface area contributed by atoms with Crippen molar-refractivity contribution in [2.45, 2.75) is 19.9 Å². The van der Waals surface area contributed by atoms with Gasteiger partial charge in [0.2, 0.25) is 0 Å². The van der Waals surface area contributed by atoms with E-state index in [-0.39, 0.29) is 11.7 Å². The van der Waals surface area contributed by atoms with Crippen LogP contribution in [-0.4, -0.2) is 9.91 Å². The minimum absolute atomic E-state index is 0.0319. The van der Waals surface area contributed by atoms with Gasteiger partial charge in [-0.3, -0.25) is 10.1 Å². The van der Waals surface area contributed by atoms with Crippen molar-refractivity contribution in [2.24, 2.45) is 5.73 Å². The van der Waals surface area contributed by atoms with Crippen LogP contribution in [0.4, 0.5) is 5.69 Å². The molecule has 1 heterocycles. The third kappa shape index (κ3) is 2.00. The maximum atomic E-state index is 10.4. The number of aromatic nitrogens is 1. The average molecular weight is 181 g/mol. The molecule has 1 rings (SSSR count). The minimum atomic E-state index is -0.451. The first-order valence-corrected chi connectivity index (χ1v) is 3.90. The van der Waals surface area contributed by atoms with Crippen molar-refractivity contribution in [3.05, 3.63) is 33.6 Å². The molecule has 1 unspecified atom stereocenters. The van der Waals surface area contributed by atoms with Crippen molar-refractivity contribution in [1.82, 2.24) is 4.98 Å². The second-order valence-electron chi connectivity index (χ2n) is 2.89. The van der Waals surface area contributed by atoms with Gasteiger partial charge in [-0.25, -0.2) is 4.98 Å². The van der Waals surface area contributed by atoms with E-state index in [2.05, 4.69) is 4.98 Å². The van der Waals surface area contributed by atoms with E-state index in [0.29, 0.717) is 11.4 Å². The Bertz CT molecular complexity index is 336. The van der Waals surface area contributed by atoms with Crippen LogP contribution in [0, 0.1) is 17.0 Å². The van der Waals surface area contributed by atoms with Crippen molar-refractivity contribution >= 4 is 5.69 Å². The molecule has 0 fully saturated rings. The van der Waals surface area contributed by atoms with Gasteiger partial charge in [-0.15, -0.1) is 0 Å². The molecule has 1 atom stereocenters. The number of nitrogens with zero attached hydrogens (tertiary/aromatic N) is 2. The maximum absolute atomic E-state index is 10.4. The zero-order chi connectivity index (χ0) is 10.0. The molecule has 5 heteroatoms. The Morgan fingerprint density at radius 3 is 2.62 bits per heavy atom. The predicted octanol–water partition coefficient (Wildman–Crippen LogP) is 1.32. The lowest BCUT2D eigenvalue weighted by Gasteiger charge is -2.04. The molecule has 0 saturated heterocycles. The van der Waals surface area contributed by atoms with Gasteiger partial charge < -0.3 is 5.73 Å². The highest BCUT2D eigenvalue weighted by Crippen LogP contribution is 2.17. The summed E-state index contributed by atoms with van der Waals surface area (Å²) in [5.41, 5.74) is 6.68. The van der Waals surface area contributed by atoms with Crippen LogP contribution in [0.15, 0.2) is 12.1 Å². The highest BCUT2D eigenvalue weighted by molar-refractivity contribution is 5.35. The molecular formula is C8H11N3O2. The molecule has 0 radical (unpaired) electrons. The van der Waals surface area contributed by atoms with Gasteiger partial charge in [0.05, 0.1) is 10.6 Å². The van der Waals surface area contributed by atoms with Gasteiger partial charge in [-0.2, -0.15) is 0 Å². The van der Waals surface area contributed by atoms with E-state index in [1.165, 1.54) is 6.07 Å². The van der Waals surface area contributed by atoms with Crippen molar-refractivity contribution in [2.75, 3.05) is 0 Å². The number of rotatable bonds is 2. The van der Waals surface area contributed by atoms with Gasteiger partial charge in [0.1, 0.15) is 5.69 Å². The summed E-state index contributed by atoms with van der Waals surface area (Å²) in [6.45, 7) is 3.39. The molecule has 0 aliphatic rings. The number of nitrogens with two attached hydrogens (primary N) is 1. The highest BCUT2D eigenvalue weighted by Gasteiger charge is 2.12. The highest BCUT2D eigenvalue weighted by atomic mass is 16.6. The first-order valence-electron chi connectivity index (χ1n) is 3.90. The molecule has 0 spiro atoms. The Hall–Kier alpha value is -1.49. The number of pyridine rings is 1. The Morgan fingerprint density at radius 1 is 1.62 bits per heavy atom. The van der Waals surface area contributed by atoms with E-state index in [9.17, 15) is 10.1 Å². The van der Waals surface area contributed by atoms with Gasteiger partial charge >= 0.3 is 0 Å². The van der Waals surface area contributed by atoms with Crippen LogP contribution >= 0.6 is 0 Å². The van der Waals surface area contributed by atoms with Crippen LogP contribution in [0.1, 0.15) is 24.4 Å². The lowest BCUT2D eigenvalue weighted by molar-refractivity contribution is -0.385. The fourth-order valence-corrected chi connectivity index (χ4v) is 1.02. The molecule has 1 aromatic heterocycles. The van der Waals surface area contributed by atoms with Crippen LogP contribution in [-0.2, 0) is 0 Å². The van der Waals surface area contributed by atoms with Crippen LogP contribution < -0.4 is 5.73 Å². The molecule has 13 heavy (non-hydrogen) atoms. The van der Waals surface area contributed by atoms with Crippen molar-refractivity contribution < 1.29 is 4.92 Å². The lowest BCUT2D eigenvalue weighted by atomic mass is 10.2. The molecule has 0 saturated carbocycles. The molecule has 0 amide bonds. The zero-order valence-electron chi connectivity index (χ0n) is 7.52. The van der Waals surface area contributed by atoms with Crippen molar-refractivity contribution in [3.8, 4) is 0 Å². The normalized spacial score (nSPS) is 12.5. The molecule has 0 aromatic carbocycles. The molecule has 1 aromatic rings. The first kappa shape index (κ1) is 9.60. The van der Waals surface area contributed by atoms with Crippen molar-refractivity contribution in [1.29, 1.82) is 0 Å². The third-order valence-corrected chi connectivity index (χ3v) is 1.74. The number of nitro groups is 1. The topological polar surface area (TPSA) is 82.0 Å². The Kier molecular flexibility index (Phi) is 2.57. The van der Waals surface area contributed by atoms with Crippen LogP contribution in [0.2, 0.25) is 0 Å². The monoisotopic (exact) mass is 181 g/mol. The van der Waals surface area contributed by atoms with E-state index in [1.807, 2.05) is 0 Å². The van der Waals surface area contributed by atoms with E-state index < -0.39 is 4.92 Å². The summed E-state index contributed by atoms with van der Waals surface area (Å²) < 4.78 is 0. The molecule has 2 N–H and O–H groups in total. The summed E-state index contributed by atoms with van der Waals surface area (Å²) in [5, 5.41) is 10.4. The van der Waals surface area contributed by atoms with E-state index in [1.54, 1.807) is 19.9 Å². The summed E-state index contributed by atoms with van der Waals surface area (Å²) in [4.78, 5) is 14.0. The first-order chi connectivity index (χ1) is 6.02. The number of hydrogen-bond acceptors (Lipinski definition) is 4. The zero-order valence-corrected chi connectivity index (χ0v) is 7.52. The quantitative estimate of drug-likeness (QED) is 0.551. The van der Waals surface area contributed by atoms with Crippen LogP contribution in [0.3, 0.4) is 0 Å². The fraction of sp³-hybridized carbons (Fsp3) is 0.375. The SMILES string of the molecule is Cc1nc(C(C)N)ccc1[N+](=O)[O-]. The van der Waals surface area contributed by atoms with Gasteiger partial charge in [-0.05, 0) is 19.9 Å². The standard InChI is InChI=1S/C8H11N3O2/c1-5(9)7-3-4-8(11(12)13)6(2)10-7/h3-5H,9H2,1-2H3. The molecule has 5 nitrogen and oxygen atoms in total. The Morgan fingerprint density at radius 2 is 2.23 bits per heavy atom. The summed E-state index contributed by atoms with van der Waals surface area (Å²) in [7, 11) is 0. The number of hydrogen-bond donors (Lipinski definition) is 1. The Labute approximate surface area is 75.7 Å². The summed E-state index contributed by atoms with van der Waals surface area (Å²) in [6, 6.07) is 2.82. The fourth-order valence-electron chi connectivity index (χ4n) is 1.02. The third-order valence-electron chi connectivity index (χ3n) is 1.74. The molecular weight excluding hydrogens is 170 g/mol. The summed E-state index contributed by atoms with van der Waals surface area (Å²) >= 11 is 0. The second-order valence-corrected chi connectivity index (χ2v) is 2.89. The molecule has 0 aliphatic heterocycles. The van der Waals surface area contributed by atoms with Crippen LogP contribution in [0.25, 0.3) is 0 Å². The minimum Gasteiger partial charge on any atom is -0.323 e. The average Bonchev–Trinajstić information content (AvgIpc) is 2.03. The van der Waals surface area contributed by atoms with Crippen molar-refractivity contribution in [3.63, 3.8) is 0 Å². The van der Waals surface area contributed by atoms with E-state index in [4.69, 9.17) is 5.73 Å². The molecule has 70 valence electrons. The van der Waals surface area contributed by atoms with Gasteiger partial charge in [0, 0.05) is 12.1 Å². The lowest BCUT2D eigenvalue weighted by Crippen LogP contribution is -2.08. The number of aryl methyl sites for hydroxylation is 1. The smallest absolute Gasteiger partial charge is 0.290 e. The van der Waals surface area contributed by atoms with Gasteiger partial charge in [0.25, 0.3) is 5.69 Å². The largest absolute Gasteiger partial charge is 0.323 e. The van der Waals surface area contributed by atoms with Crippen LogP contribution in [0.5, 0.6) is 0 Å². The Balaban J connectivity index is 3.13. The molecule has 0 aliphatic carbocycles. The van der Waals surface area contributed by atoms with E-state index >= 15 is 0 Å². The van der Waals surface area contributed by atoms with Gasteiger partial charge in [-0.1, -0.05) is 0 Å². The van der Waals surface area contributed by atoms with E-state index in [0.717, 1.165) is 0 Å². The second kappa shape index (κ2) is 3.49. The molecule has 0 bridgehead atoms. The maximum Gasteiger partial charge on any atom is 0.290 e.